The van der Waals surface area contributed by atoms with Crippen molar-refractivity contribution in [2.45, 2.75) is 0 Å². The van der Waals surface area contributed by atoms with E-state index >= 15 is 0 Å². The van der Waals surface area contributed by atoms with Gasteiger partial charge in [0.15, 0.2) is 0 Å². The van der Waals surface area contributed by atoms with E-state index in [2.05, 4.69) is 0 Å². The summed E-state index contributed by atoms with van der Waals surface area (Å²) in [6, 6.07) is 0. The molecule has 0 nitrogen and oxygen atoms in total. The molecule has 4 heavy (non-hydrogen) atoms. The maximum atomic E-state index is 0. The van der Waals surface area contributed by atoms with E-state index in [9.17, 15) is 0 Å². The molecule has 0 aliphatic rings. The van der Waals surface area contributed by atoms with E-state index in [-0.39, 0.29) is 76.7 Å². The Labute approximate surface area is 75.7 Å². The molecule has 0 saturated heterocycles. The zero-order chi connectivity index (χ0) is 0. The van der Waals surface area contributed by atoms with Gasteiger partial charge in [0.25, 0.3) is 0 Å². The van der Waals surface area contributed by atoms with Gasteiger partial charge in [0.05, 0.1) is 0 Å². The van der Waals surface area contributed by atoms with Crippen molar-refractivity contribution in [3.05, 3.63) is 0 Å². The quantitative estimate of drug-likeness (QED) is 0.407. The van der Waals surface area contributed by atoms with Crippen LogP contribution in [0.1, 0.15) is 0 Å². The van der Waals surface area contributed by atoms with Crippen LogP contribution in [0.2, 0.25) is 0 Å². The van der Waals surface area contributed by atoms with Crippen LogP contribution in [-0.4, -0.2) is 49.8 Å². The van der Waals surface area contributed by atoms with E-state index in [4.69, 9.17) is 0 Å². The van der Waals surface area contributed by atoms with Gasteiger partial charge in [-0.15, -0.1) is 0 Å². The minimum Gasteiger partial charge on any atom is -0.153 e. The van der Waals surface area contributed by atoms with E-state index in [0.717, 1.165) is 0 Å². The molecule has 0 spiro atoms. The topological polar surface area (TPSA) is 0 Å². The van der Waals surface area contributed by atoms with Crippen molar-refractivity contribution in [1.29, 1.82) is 0 Å². The molecule has 0 N–H and O–H groups in total. The van der Waals surface area contributed by atoms with Crippen molar-refractivity contribution in [2.24, 2.45) is 0 Å². The van der Waals surface area contributed by atoms with Crippen LogP contribution in [0.5, 0.6) is 0 Å². The molecular weight excluding hydrogens is 328 g/mol. The Morgan fingerprint density at radius 3 is 1.00 bits per heavy atom. The summed E-state index contributed by atoms with van der Waals surface area (Å²) in [7, 11) is 0. The first-order valence-corrected chi connectivity index (χ1v) is 0. The normalized spacial score (nSPS) is 0. The van der Waals surface area contributed by atoms with Crippen LogP contribution in [0.25, 0.3) is 0 Å². The molecule has 1 unspecified atom stereocenters. The second-order valence-corrected chi connectivity index (χ2v) is 0. The molecule has 0 fully saturated rings. The van der Waals surface area contributed by atoms with Crippen molar-refractivity contribution in [3.8, 4) is 0 Å². The molecule has 0 aromatic rings. The zero-order valence-electron chi connectivity index (χ0n) is 2.09. The minimum absolute atomic E-state index is 0. The van der Waals surface area contributed by atoms with Crippen LogP contribution in [0, 0.1) is 0 Å². The average Bonchev–Trinajstić information content (AvgIpc) is 0. The molecule has 1 atom stereocenters. The monoisotopic (exact) mass is 332 g/mol. The van der Waals surface area contributed by atoms with E-state index in [0.29, 0.717) is 0 Å². The summed E-state index contributed by atoms with van der Waals surface area (Å²) in [5.41, 5.74) is 0. The molecule has 4 heteroatoms. The van der Waals surface area contributed by atoms with E-state index in [1.807, 2.05) is 0 Å². The fraction of sp³-hybridized carbons (Fsp3) is 0. The second kappa shape index (κ2) is 17.5. The number of hydrogen-bond donors (Lipinski definition) is 0. The molecule has 0 aromatic heterocycles. The van der Waals surface area contributed by atoms with E-state index in [1.165, 1.54) is 0 Å². The summed E-state index contributed by atoms with van der Waals surface area (Å²) in [6.07, 6.45) is 0. The third kappa shape index (κ3) is 8.82. The van der Waals surface area contributed by atoms with Gasteiger partial charge >= 0.3 is 0 Å². The Balaban J connectivity index is 0. The molecule has 0 bridgehead atoms. The molecule has 0 saturated carbocycles. The van der Waals surface area contributed by atoms with Gasteiger partial charge in [0.1, 0.15) is 0 Å². The summed E-state index contributed by atoms with van der Waals surface area (Å²) >= 11 is 0. The first-order chi connectivity index (χ1) is 0. The van der Waals surface area contributed by atoms with Gasteiger partial charge in [-0.1, -0.05) is 0 Å². The Hall–Kier alpha value is 2.62. The number of rotatable bonds is 0. The Bertz CT molecular complexity index is 8.00. The summed E-state index contributed by atoms with van der Waals surface area (Å²) in [6.45, 7) is 0. The molecule has 0 rings (SSSR count). The van der Waals surface area contributed by atoms with Crippen LogP contribution in [0.3, 0.4) is 0 Å². The van der Waals surface area contributed by atoms with Gasteiger partial charge in [0.2, 0.25) is 0 Å². The van der Waals surface area contributed by atoms with Crippen LogP contribution < -0.4 is 0 Å². The second-order valence-electron chi connectivity index (χ2n) is 0. The maximum absolute atomic E-state index is 0. The molecule has 26 valence electrons. The predicted molar refractivity (Wildman–Crippen MR) is 22.6 cm³/mol. The zero-order valence-corrected chi connectivity index (χ0v) is 10.6. The maximum Gasteiger partial charge on any atom is 0 e. The Morgan fingerprint density at radius 1 is 1.00 bits per heavy atom. The van der Waals surface area contributed by atoms with Crippen LogP contribution in [0.4, 0.5) is 0 Å². The predicted octanol–water partition coefficient (Wildman–Crippen LogP) is -0.706. The fourth-order valence-corrected chi connectivity index (χ4v) is 0. The Morgan fingerprint density at radius 2 is 1.00 bits per heavy atom. The third-order valence-electron chi connectivity index (χ3n) is 0. The van der Waals surface area contributed by atoms with Crippen molar-refractivity contribution in [3.63, 3.8) is 0 Å². The molecule has 0 heterocycles. The van der Waals surface area contributed by atoms with E-state index in [1.54, 1.807) is 0 Å². The summed E-state index contributed by atoms with van der Waals surface area (Å²) < 4.78 is 0. The largest absolute Gasteiger partial charge is 0.153 e. The van der Waals surface area contributed by atoms with Crippen LogP contribution in [-0.2, 0) is 17.1 Å². The molecular formula is H3CuInPSn. The van der Waals surface area contributed by atoms with Gasteiger partial charge < -0.3 is 0 Å². The fourth-order valence-electron chi connectivity index (χ4n) is 0. The molecule has 0 aliphatic carbocycles. The van der Waals surface area contributed by atoms with Gasteiger partial charge in [-0.3, -0.25) is 0 Å². The van der Waals surface area contributed by atoms with Crippen molar-refractivity contribution >= 4 is 59.6 Å². The van der Waals surface area contributed by atoms with Gasteiger partial charge in [0, 0.05) is 66.8 Å². The third-order valence-corrected chi connectivity index (χ3v) is 0. The van der Waals surface area contributed by atoms with Crippen molar-refractivity contribution < 1.29 is 17.1 Å². The summed E-state index contributed by atoms with van der Waals surface area (Å²) in [5.74, 6) is 0. The summed E-state index contributed by atoms with van der Waals surface area (Å²) in [5, 5.41) is 0. The van der Waals surface area contributed by atoms with Gasteiger partial charge in [-0.2, -0.15) is 9.90 Å². The van der Waals surface area contributed by atoms with Gasteiger partial charge in [-0.05, 0) is 0 Å². The average molecular weight is 331 g/mol. The SMILES string of the molecule is P.[Cu].[In].[Sn]. The smallest absolute Gasteiger partial charge is 0 e. The first-order valence-electron chi connectivity index (χ1n) is 0. The van der Waals surface area contributed by atoms with Crippen molar-refractivity contribution in [1.82, 2.24) is 0 Å². The van der Waals surface area contributed by atoms with Gasteiger partial charge in [-0.25, -0.2) is 0 Å². The minimum atomic E-state index is 0. The summed E-state index contributed by atoms with van der Waals surface area (Å²) in [4.78, 5) is 0. The molecule has 0 amide bonds. The standard InChI is InChI=1S/Cu.In.H3P.Sn/h;;1H3;. The van der Waals surface area contributed by atoms with Crippen molar-refractivity contribution in [2.75, 3.05) is 0 Å². The van der Waals surface area contributed by atoms with E-state index < -0.39 is 0 Å². The first kappa shape index (κ1) is 30.5. The Kier molecular flexibility index (Phi) is 133. The van der Waals surface area contributed by atoms with Crippen LogP contribution in [0.15, 0.2) is 0 Å². The molecule has 0 aromatic carbocycles. The molecule has 8 radical (unpaired) electrons. The van der Waals surface area contributed by atoms with Crippen LogP contribution >= 0.6 is 9.90 Å². The number of hydrogen-bond acceptors (Lipinski definition) is 0. The molecule has 0 aliphatic heterocycles.